The second kappa shape index (κ2) is 5.66. The van der Waals surface area contributed by atoms with E-state index in [9.17, 15) is 0 Å². The lowest BCUT2D eigenvalue weighted by Crippen LogP contribution is -2.50. The largest absolute Gasteiger partial charge is 0.493 e. The van der Waals surface area contributed by atoms with E-state index in [2.05, 4.69) is 17.6 Å². The normalized spacial score (nSPS) is 27.5. The maximum Gasteiger partial charge on any atom is 0.162 e. The number of benzene rings is 1. The van der Waals surface area contributed by atoms with Crippen LogP contribution in [-0.2, 0) is 0 Å². The van der Waals surface area contributed by atoms with E-state index in [4.69, 9.17) is 9.47 Å². The summed E-state index contributed by atoms with van der Waals surface area (Å²) in [4.78, 5) is 0. The molecular weight excluding hydrogens is 264 g/mol. The van der Waals surface area contributed by atoms with E-state index in [0.29, 0.717) is 0 Å². The zero-order valence-electron chi connectivity index (χ0n) is 13.3. The highest BCUT2D eigenvalue weighted by Crippen LogP contribution is 2.44. The fourth-order valence-corrected chi connectivity index (χ4v) is 3.66. The van der Waals surface area contributed by atoms with Crippen molar-refractivity contribution >= 4 is 11.4 Å². The molecule has 1 aliphatic carbocycles. The minimum absolute atomic E-state index is 0.207. The van der Waals surface area contributed by atoms with Gasteiger partial charge in [-0.1, -0.05) is 13.3 Å². The van der Waals surface area contributed by atoms with Gasteiger partial charge in [0.1, 0.15) is 0 Å². The number of fused-ring (bicyclic) bond motifs is 1. The minimum Gasteiger partial charge on any atom is -0.493 e. The van der Waals surface area contributed by atoms with Gasteiger partial charge in [0.25, 0.3) is 0 Å². The van der Waals surface area contributed by atoms with Gasteiger partial charge in [0.05, 0.1) is 31.1 Å². The maximum atomic E-state index is 5.42. The number of methoxy groups -OCH3 is 2. The van der Waals surface area contributed by atoms with E-state index in [1.165, 1.54) is 32.1 Å². The summed E-state index contributed by atoms with van der Waals surface area (Å²) >= 11 is 0. The van der Waals surface area contributed by atoms with E-state index >= 15 is 0 Å². The molecule has 1 fully saturated rings. The summed E-state index contributed by atoms with van der Waals surface area (Å²) in [6.07, 6.45) is 6.45. The Kier molecular flexibility index (Phi) is 3.87. The lowest BCUT2D eigenvalue weighted by Gasteiger charge is -2.45. The van der Waals surface area contributed by atoms with Crippen LogP contribution in [0.4, 0.5) is 11.4 Å². The molecule has 0 bridgehead atoms. The van der Waals surface area contributed by atoms with Crippen molar-refractivity contribution in [1.82, 2.24) is 0 Å². The van der Waals surface area contributed by atoms with E-state index in [1.807, 2.05) is 12.1 Å². The Bertz CT molecular complexity index is 508. The van der Waals surface area contributed by atoms with Gasteiger partial charge < -0.3 is 20.1 Å². The summed E-state index contributed by atoms with van der Waals surface area (Å²) in [7, 11) is 3.36. The highest BCUT2D eigenvalue weighted by Gasteiger charge is 2.37. The molecule has 2 aliphatic rings. The average Bonchev–Trinajstić information content (AvgIpc) is 2.54. The Morgan fingerprint density at radius 3 is 2.29 bits per heavy atom. The van der Waals surface area contributed by atoms with Crippen LogP contribution in [0.5, 0.6) is 11.5 Å². The molecule has 116 valence electrons. The first kappa shape index (κ1) is 14.4. The van der Waals surface area contributed by atoms with Gasteiger partial charge in [0, 0.05) is 18.7 Å². The van der Waals surface area contributed by atoms with Crippen LogP contribution in [0.25, 0.3) is 0 Å². The molecule has 0 atom stereocenters. The van der Waals surface area contributed by atoms with Gasteiger partial charge in [-0.3, -0.25) is 0 Å². The van der Waals surface area contributed by atoms with Gasteiger partial charge >= 0.3 is 0 Å². The van der Waals surface area contributed by atoms with Crippen molar-refractivity contribution < 1.29 is 9.47 Å². The zero-order valence-corrected chi connectivity index (χ0v) is 13.3. The predicted molar refractivity (Wildman–Crippen MR) is 86.6 cm³/mol. The summed E-state index contributed by atoms with van der Waals surface area (Å²) < 4.78 is 10.8. The molecule has 0 unspecified atom stereocenters. The van der Waals surface area contributed by atoms with Crippen LogP contribution < -0.4 is 20.1 Å². The number of anilines is 2. The first-order valence-electron chi connectivity index (χ1n) is 7.98. The third-order valence-corrected chi connectivity index (χ3v) is 5.18. The first-order valence-corrected chi connectivity index (χ1v) is 7.98. The second-order valence-electron chi connectivity index (χ2n) is 6.36. The number of nitrogens with one attached hydrogen (secondary N) is 2. The Morgan fingerprint density at radius 1 is 1.10 bits per heavy atom. The molecule has 0 amide bonds. The van der Waals surface area contributed by atoms with Crippen LogP contribution in [0.2, 0.25) is 0 Å². The number of ether oxygens (including phenoxy) is 2. The molecule has 1 saturated carbocycles. The molecule has 1 heterocycles. The summed E-state index contributed by atoms with van der Waals surface area (Å²) in [6, 6.07) is 4.07. The SMILES string of the molecule is CCC1CCC2(CC1)CNc1cc(OC)c(OC)cc1N2. The number of hydrogen-bond acceptors (Lipinski definition) is 4. The zero-order chi connectivity index (χ0) is 14.9. The maximum absolute atomic E-state index is 5.42. The number of rotatable bonds is 3. The summed E-state index contributed by atoms with van der Waals surface area (Å²) in [5.41, 5.74) is 2.45. The molecule has 4 heteroatoms. The Hall–Kier alpha value is -1.58. The topological polar surface area (TPSA) is 42.5 Å². The van der Waals surface area contributed by atoms with Crippen LogP contribution in [0, 0.1) is 5.92 Å². The van der Waals surface area contributed by atoms with Crippen LogP contribution in [0.3, 0.4) is 0 Å². The first-order chi connectivity index (χ1) is 10.2. The van der Waals surface area contributed by atoms with Crippen molar-refractivity contribution in [3.8, 4) is 11.5 Å². The molecule has 2 N–H and O–H groups in total. The van der Waals surface area contributed by atoms with Gasteiger partial charge in [0.15, 0.2) is 11.5 Å². The number of hydrogen-bond donors (Lipinski definition) is 2. The van der Waals surface area contributed by atoms with Gasteiger partial charge in [-0.2, -0.15) is 0 Å². The molecule has 1 aliphatic heterocycles. The third-order valence-electron chi connectivity index (χ3n) is 5.18. The Labute approximate surface area is 127 Å². The molecule has 0 radical (unpaired) electrons. The van der Waals surface area contributed by atoms with Gasteiger partial charge in [0.2, 0.25) is 0 Å². The van der Waals surface area contributed by atoms with Crippen LogP contribution in [0.15, 0.2) is 12.1 Å². The Morgan fingerprint density at radius 2 is 1.71 bits per heavy atom. The monoisotopic (exact) mass is 290 g/mol. The third kappa shape index (κ3) is 2.63. The molecular formula is C17H26N2O2. The highest BCUT2D eigenvalue weighted by molar-refractivity contribution is 5.77. The van der Waals surface area contributed by atoms with Crippen LogP contribution in [-0.4, -0.2) is 26.3 Å². The molecule has 1 spiro atoms. The summed E-state index contributed by atoms with van der Waals surface area (Å²) in [5, 5.41) is 7.37. The molecule has 0 aromatic heterocycles. The van der Waals surface area contributed by atoms with Crippen LogP contribution >= 0.6 is 0 Å². The van der Waals surface area contributed by atoms with Crippen molar-refractivity contribution in [2.45, 2.75) is 44.6 Å². The Balaban J connectivity index is 1.82. The summed E-state index contributed by atoms with van der Waals surface area (Å²) in [5.74, 6) is 2.46. The highest BCUT2D eigenvalue weighted by atomic mass is 16.5. The average molecular weight is 290 g/mol. The van der Waals surface area contributed by atoms with Crippen molar-refractivity contribution in [1.29, 1.82) is 0 Å². The van der Waals surface area contributed by atoms with Crippen molar-refractivity contribution in [2.24, 2.45) is 5.92 Å². The lowest BCUT2D eigenvalue weighted by atomic mass is 9.74. The van der Waals surface area contributed by atoms with Crippen molar-refractivity contribution in [3.63, 3.8) is 0 Å². The van der Waals surface area contributed by atoms with E-state index < -0.39 is 0 Å². The van der Waals surface area contributed by atoms with Crippen molar-refractivity contribution in [2.75, 3.05) is 31.4 Å². The molecule has 1 aromatic carbocycles. The molecule has 1 aromatic rings. The smallest absolute Gasteiger partial charge is 0.162 e. The fraction of sp³-hybridized carbons (Fsp3) is 0.647. The summed E-state index contributed by atoms with van der Waals surface area (Å²) in [6.45, 7) is 3.30. The van der Waals surface area contributed by atoms with Gasteiger partial charge in [-0.25, -0.2) is 0 Å². The fourth-order valence-electron chi connectivity index (χ4n) is 3.66. The molecule has 21 heavy (non-hydrogen) atoms. The molecule has 4 nitrogen and oxygen atoms in total. The minimum atomic E-state index is 0.207. The quantitative estimate of drug-likeness (QED) is 0.886. The molecule has 0 saturated heterocycles. The van der Waals surface area contributed by atoms with Crippen molar-refractivity contribution in [3.05, 3.63) is 12.1 Å². The molecule has 3 rings (SSSR count). The second-order valence-corrected chi connectivity index (χ2v) is 6.36. The predicted octanol–water partition coefficient (Wildman–Crippen LogP) is 3.88. The van der Waals surface area contributed by atoms with Crippen LogP contribution in [0.1, 0.15) is 39.0 Å². The standard InChI is InChI=1S/C17H26N2O2/c1-4-12-5-7-17(8-6-12)11-18-13-9-15(20-2)16(21-3)10-14(13)19-17/h9-10,12,18-19H,4-8,11H2,1-3H3. The van der Waals surface area contributed by atoms with E-state index in [1.54, 1.807) is 14.2 Å². The van der Waals surface area contributed by atoms with Gasteiger partial charge in [-0.15, -0.1) is 0 Å². The lowest BCUT2D eigenvalue weighted by molar-refractivity contribution is 0.255. The van der Waals surface area contributed by atoms with E-state index in [0.717, 1.165) is 35.3 Å². The van der Waals surface area contributed by atoms with E-state index in [-0.39, 0.29) is 5.54 Å². The van der Waals surface area contributed by atoms with Gasteiger partial charge in [-0.05, 0) is 31.6 Å².